The van der Waals surface area contributed by atoms with Crippen LogP contribution in [0.25, 0.3) is 10.9 Å². The fourth-order valence-corrected chi connectivity index (χ4v) is 3.46. The molecule has 3 amide bonds. The number of ether oxygens (including phenoxy) is 1. The van der Waals surface area contributed by atoms with Gasteiger partial charge in [-0.1, -0.05) is 18.2 Å². The third-order valence-electron chi connectivity index (χ3n) is 4.84. The normalized spacial score (nSPS) is 16.9. The molecular formula is C21H29N5O4. The number of aromatic nitrogens is 2. The minimum Gasteiger partial charge on any atom is -0.444 e. The van der Waals surface area contributed by atoms with Crippen molar-refractivity contribution in [1.82, 2.24) is 25.7 Å². The lowest BCUT2D eigenvalue weighted by atomic mass is 9.96. The molecule has 1 fully saturated rings. The molecule has 1 aliphatic heterocycles. The maximum absolute atomic E-state index is 12.9. The number of aromatic amines is 1. The van der Waals surface area contributed by atoms with Gasteiger partial charge in [0.1, 0.15) is 5.60 Å². The van der Waals surface area contributed by atoms with Gasteiger partial charge < -0.3 is 20.3 Å². The van der Waals surface area contributed by atoms with Crippen molar-refractivity contribution in [2.75, 3.05) is 26.2 Å². The van der Waals surface area contributed by atoms with Crippen molar-refractivity contribution in [2.45, 2.75) is 39.2 Å². The van der Waals surface area contributed by atoms with Gasteiger partial charge in [0.2, 0.25) is 5.91 Å². The average Bonchev–Trinajstić information content (AvgIpc) is 3.13. The molecule has 0 aliphatic carbocycles. The minimum atomic E-state index is -0.564. The fourth-order valence-electron chi connectivity index (χ4n) is 3.46. The lowest BCUT2D eigenvalue weighted by Crippen LogP contribution is -2.46. The first-order valence-corrected chi connectivity index (χ1v) is 10.2. The fraction of sp³-hybridized carbons (Fsp3) is 0.524. The van der Waals surface area contributed by atoms with Gasteiger partial charge in [-0.25, -0.2) is 4.79 Å². The van der Waals surface area contributed by atoms with Crippen LogP contribution in [-0.2, 0) is 9.53 Å². The Kier molecular flexibility index (Phi) is 6.59. The third kappa shape index (κ3) is 5.49. The van der Waals surface area contributed by atoms with Gasteiger partial charge in [0.15, 0.2) is 5.69 Å². The van der Waals surface area contributed by atoms with Crippen molar-refractivity contribution >= 4 is 28.8 Å². The number of fused-ring (bicyclic) bond motifs is 1. The quantitative estimate of drug-likeness (QED) is 0.647. The Morgan fingerprint density at radius 2 is 1.93 bits per heavy atom. The maximum atomic E-state index is 12.9. The highest BCUT2D eigenvalue weighted by Crippen LogP contribution is 2.22. The van der Waals surface area contributed by atoms with Crippen molar-refractivity contribution in [2.24, 2.45) is 5.92 Å². The minimum absolute atomic E-state index is 0.120. The second-order valence-electron chi connectivity index (χ2n) is 8.43. The standard InChI is InChI=1S/C21H29N5O4/c1-21(2,3)30-20(29)23-11-10-22-18(27)14-7-6-12-26(13-14)19(28)17-15-8-4-5-9-16(15)24-25-17/h4-5,8-9,14H,6-7,10-13H2,1-3H3,(H,22,27)(H,23,29)(H,24,25)/t14-/m1/s1. The predicted molar refractivity (Wildman–Crippen MR) is 112 cm³/mol. The van der Waals surface area contributed by atoms with E-state index < -0.39 is 11.7 Å². The van der Waals surface area contributed by atoms with E-state index in [2.05, 4.69) is 20.8 Å². The van der Waals surface area contributed by atoms with Crippen molar-refractivity contribution in [3.8, 4) is 0 Å². The molecule has 3 N–H and O–H groups in total. The van der Waals surface area contributed by atoms with Gasteiger partial charge in [0, 0.05) is 31.6 Å². The molecule has 1 aromatic heterocycles. The highest BCUT2D eigenvalue weighted by atomic mass is 16.6. The first-order valence-electron chi connectivity index (χ1n) is 10.2. The largest absolute Gasteiger partial charge is 0.444 e. The number of hydrogen-bond acceptors (Lipinski definition) is 5. The molecule has 0 radical (unpaired) electrons. The summed E-state index contributed by atoms with van der Waals surface area (Å²) in [6.45, 7) is 6.89. The topological polar surface area (TPSA) is 116 Å². The van der Waals surface area contributed by atoms with Crippen LogP contribution < -0.4 is 10.6 Å². The Balaban J connectivity index is 1.49. The van der Waals surface area contributed by atoms with E-state index in [-0.39, 0.29) is 24.3 Å². The number of rotatable bonds is 5. The van der Waals surface area contributed by atoms with Gasteiger partial charge in [-0.3, -0.25) is 14.7 Å². The highest BCUT2D eigenvalue weighted by Gasteiger charge is 2.30. The molecule has 2 heterocycles. The number of H-pyrrole nitrogens is 1. The van der Waals surface area contributed by atoms with Gasteiger partial charge in [0.25, 0.3) is 5.91 Å². The summed E-state index contributed by atoms with van der Waals surface area (Å²) in [6.07, 6.45) is 0.955. The van der Waals surface area contributed by atoms with Crippen LogP contribution in [0.4, 0.5) is 4.79 Å². The van der Waals surface area contributed by atoms with Gasteiger partial charge in [-0.05, 0) is 39.7 Å². The van der Waals surface area contributed by atoms with Crippen molar-refractivity contribution in [1.29, 1.82) is 0 Å². The molecule has 9 nitrogen and oxygen atoms in total. The van der Waals surface area contributed by atoms with E-state index in [4.69, 9.17) is 4.74 Å². The molecule has 1 saturated heterocycles. The Bertz CT molecular complexity index is 918. The number of benzene rings is 1. The summed E-state index contributed by atoms with van der Waals surface area (Å²) in [5, 5.41) is 13.3. The Labute approximate surface area is 175 Å². The van der Waals surface area contributed by atoms with E-state index in [0.29, 0.717) is 25.3 Å². The van der Waals surface area contributed by atoms with E-state index in [1.807, 2.05) is 24.3 Å². The molecule has 0 spiro atoms. The predicted octanol–water partition coefficient (Wildman–Crippen LogP) is 2.06. The van der Waals surface area contributed by atoms with E-state index in [0.717, 1.165) is 23.7 Å². The summed E-state index contributed by atoms with van der Waals surface area (Å²) < 4.78 is 5.15. The number of nitrogens with zero attached hydrogens (tertiary/aromatic N) is 2. The van der Waals surface area contributed by atoms with Crippen molar-refractivity contribution in [3.05, 3.63) is 30.0 Å². The molecule has 1 atom stereocenters. The smallest absolute Gasteiger partial charge is 0.407 e. The van der Waals surface area contributed by atoms with Crippen LogP contribution in [0, 0.1) is 5.92 Å². The molecule has 0 saturated carbocycles. The van der Waals surface area contributed by atoms with Crippen LogP contribution in [0.3, 0.4) is 0 Å². The zero-order valence-corrected chi connectivity index (χ0v) is 17.7. The number of nitrogens with one attached hydrogen (secondary N) is 3. The summed E-state index contributed by atoms with van der Waals surface area (Å²) in [5.41, 5.74) is 0.628. The summed E-state index contributed by atoms with van der Waals surface area (Å²) in [5.74, 6) is -0.573. The number of alkyl carbamates (subject to hydrolysis) is 1. The van der Waals surface area contributed by atoms with Crippen LogP contribution in [0.5, 0.6) is 0 Å². The van der Waals surface area contributed by atoms with Crippen LogP contribution in [0.2, 0.25) is 0 Å². The summed E-state index contributed by atoms with van der Waals surface area (Å²) >= 11 is 0. The van der Waals surface area contributed by atoms with E-state index >= 15 is 0 Å². The number of para-hydroxylation sites is 1. The number of carbonyl (C=O) groups is 3. The van der Waals surface area contributed by atoms with Crippen LogP contribution >= 0.6 is 0 Å². The Morgan fingerprint density at radius 3 is 2.70 bits per heavy atom. The van der Waals surface area contributed by atoms with Crippen molar-refractivity contribution < 1.29 is 19.1 Å². The number of piperidine rings is 1. The second-order valence-corrected chi connectivity index (χ2v) is 8.43. The van der Waals surface area contributed by atoms with E-state index in [1.54, 1.807) is 25.7 Å². The van der Waals surface area contributed by atoms with Gasteiger partial charge in [-0.15, -0.1) is 0 Å². The zero-order chi connectivity index (χ0) is 21.7. The molecule has 0 bridgehead atoms. The van der Waals surface area contributed by atoms with Gasteiger partial charge >= 0.3 is 6.09 Å². The lowest BCUT2D eigenvalue weighted by Gasteiger charge is -2.31. The molecule has 3 rings (SSSR count). The summed E-state index contributed by atoms with van der Waals surface area (Å²) in [7, 11) is 0. The van der Waals surface area contributed by atoms with E-state index in [1.165, 1.54) is 0 Å². The molecular weight excluding hydrogens is 386 g/mol. The monoisotopic (exact) mass is 415 g/mol. The third-order valence-corrected chi connectivity index (χ3v) is 4.84. The first kappa shape index (κ1) is 21.6. The van der Waals surface area contributed by atoms with Gasteiger partial charge in [-0.2, -0.15) is 5.10 Å². The molecule has 9 heteroatoms. The van der Waals surface area contributed by atoms with Crippen molar-refractivity contribution in [3.63, 3.8) is 0 Å². The van der Waals surface area contributed by atoms with Crippen LogP contribution in [0.1, 0.15) is 44.1 Å². The highest BCUT2D eigenvalue weighted by molar-refractivity contribution is 6.04. The average molecular weight is 415 g/mol. The van der Waals surface area contributed by atoms with Crippen LogP contribution in [-0.4, -0.2) is 64.8 Å². The molecule has 162 valence electrons. The van der Waals surface area contributed by atoms with Gasteiger partial charge in [0.05, 0.1) is 11.4 Å². The molecule has 1 aromatic carbocycles. The molecule has 30 heavy (non-hydrogen) atoms. The summed E-state index contributed by atoms with van der Waals surface area (Å²) in [6, 6.07) is 7.48. The SMILES string of the molecule is CC(C)(C)OC(=O)NCCNC(=O)[C@@H]1CCCN(C(=O)c2n[nH]c3ccccc23)C1. The number of hydrogen-bond donors (Lipinski definition) is 3. The number of carbonyl (C=O) groups excluding carboxylic acids is 3. The first-order chi connectivity index (χ1) is 14.2. The number of likely N-dealkylation sites (tertiary alicyclic amines) is 1. The van der Waals surface area contributed by atoms with E-state index in [9.17, 15) is 14.4 Å². The Morgan fingerprint density at radius 1 is 1.20 bits per heavy atom. The lowest BCUT2D eigenvalue weighted by molar-refractivity contribution is -0.126. The molecule has 0 unspecified atom stereocenters. The molecule has 1 aliphatic rings. The zero-order valence-electron chi connectivity index (χ0n) is 17.7. The second kappa shape index (κ2) is 9.15. The maximum Gasteiger partial charge on any atom is 0.407 e. The van der Waals surface area contributed by atoms with Crippen LogP contribution in [0.15, 0.2) is 24.3 Å². The Hall–Kier alpha value is -3.10. The number of amides is 3. The summed E-state index contributed by atoms with van der Waals surface area (Å²) in [4.78, 5) is 38.8. The molecule has 2 aromatic rings.